The molecular weight excluding hydrogens is 319 g/mol. The third kappa shape index (κ3) is 3.59. The molecular formula is C16H20F3N5. The number of piperidine rings is 1. The van der Waals surface area contributed by atoms with Crippen molar-refractivity contribution in [3.63, 3.8) is 0 Å². The first kappa shape index (κ1) is 16.9. The predicted molar refractivity (Wildman–Crippen MR) is 84.4 cm³/mol. The van der Waals surface area contributed by atoms with Gasteiger partial charge in [-0.3, -0.25) is 4.98 Å². The molecule has 0 bridgehead atoms. The smallest absolute Gasteiger partial charge is 0.333 e. The third-order valence-electron chi connectivity index (χ3n) is 4.23. The Morgan fingerprint density at radius 3 is 2.71 bits per heavy atom. The van der Waals surface area contributed by atoms with Crippen LogP contribution >= 0.6 is 0 Å². The zero-order valence-electron chi connectivity index (χ0n) is 13.2. The van der Waals surface area contributed by atoms with Crippen molar-refractivity contribution in [1.82, 2.24) is 19.9 Å². The van der Waals surface area contributed by atoms with Gasteiger partial charge >= 0.3 is 6.18 Å². The molecule has 0 aromatic carbocycles. The van der Waals surface area contributed by atoms with Crippen molar-refractivity contribution in [2.45, 2.75) is 31.5 Å². The van der Waals surface area contributed by atoms with Crippen LogP contribution in [0.4, 0.5) is 13.2 Å². The number of alkyl halides is 3. The van der Waals surface area contributed by atoms with Crippen LogP contribution in [0.15, 0.2) is 24.5 Å². The van der Waals surface area contributed by atoms with E-state index in [1.807, 2.05) is 4.57 Å². The molecule has 0 spiro atoms. The van der Waals surface area contributed by atoms with Crippen molar-refractivity contribution in [3.8, 4) is 11.3 Å². The summed E-state index contributed by atoms with van der Waals surface area (Å²) in [5.41, 5.74) is 5.71. The highest BCUT2D eigenvalue weighted by atomic mass is 19.4. The number of nitrogens with two attached hydrogens (primary N) is 1. The highest BCUT2D eigenvalue weighted by Gasteiger charge is 2.32. The van der Waals surface area contributed by atoms with Gasteiger partial charge in [0.25, 0.3) is 0 Å². The number of aromatic nitrogens is 3. The van der Waals surface area contributed by atoms with Crippen LogP contribution in [0.2, 0.25) is 0 Å². The predicted octanol–water partition coefficient (Wildman–Crippen LogP) is 2.39. The number of hydrogen-bond donors (Lipinski definition) is 2. The molecule has 3 heterocycles. The van der Waals surface area contributed by atoms with Gasteiger partial charge < -0.3 is 15.6 Å². The summed E-state index contributed by atoms with van der Waals surface area (Å²) in [5.74, 6) is 1.21. The lowest BCUT2D eigenvalue weighted by molar-refractivity contribution is -0.141. The summed E-state index contributed by atoms with van der Waals surface area (Å²) in [6.07, 6.45) is 0.425. The molecule has 0 radical (unpaired) electrons. The van der Waals surface area contributed by atoms with Gasteiger partial charge in [0.2, 0.25) is 0 Å². The van der Waals surface area contributed by atoms with Crippen LogP contribution in [0.25, 0.3) is 11.3 Å². The van der Waals surface area contributed by atoms with Gasteiger partial charge in [0.15, 0.2) is 0 Å². The molecule has 1 fully saturated rings. The number of nitrogens with zero attached hydrogens (tertiary/aromatic N) is 3. The lowest BCUT2D eigenvalue weighted by Crippen LogP contribution is -2.28. The Morgan fingerprint density at radius 1 is 1.29 bits per heavy atom. The molecule has 0 saturated carbocycles. The molecule has 1 aliphatic heterocycles. The van der Waals surface area contributed by atoms with Gasteiger partial charge in [0, 0.05) is 37.0 Å². The maximum Gasteiger partial charge on any atom is 0.433 e. The quantitative estimate of drug-likeness (QED) is 0.897. The van der Waals surface area contributed by atoms with Crippen LogP contribution in [-0.4, -0.2) is 34.2 Å². The molecule has 3 N–H and O–H groups in total. The van der Waals surface area contributed by atoms with Crippen LogP contribution in [0.3, 0.4) is 0 Å². The van der Waals surface area contributed by atoms with E-state index in [1.165, 1.54) is 6.20 Å². The van der Waals surface area contributed by atoms with Crippen molar-refractivity contribution in [2.75, 3.05) is 19.6 Å². The van der Waals surface area contributed by atoms with Gasteiger partial charge in [-0.25, -0.2) is 4.98 Å². The highest BCUT2D eigenvalue weighted by molar-refractivity contribution is 5.59. The maximum atomic E-state index is 12.9. The van der Waals surface area contributed by atoms with Crippen LogP contribution in [0.1, 0.15) is 30.3 Å². The third-order valence-corrected chi connectivity index (χ3v) is 4.23. The number of hydrogen-bond acceptors (Lipinski definition) is 4. The Kier molecular flexibility index (Phi) is 4.86. The van der Waals surface area contributed by atoms with Gasteiger partial charge in [-0.15, -0.1) is 0 Å². The molecule has 0 atom stereocenters. The van der Waals surface area contributed by atoms with E-state index < -0.39 is 11.9 Å². The molecule has 130 valence electrons. The Morgan fingerprint density at radius 2 is 2.04 bits per heavy atom. The second-order valence-corrected chi connectivity index (χ2v) is 5.92. The molecule has 1 saturated heterocycles. The van der Waals surface area contributed by atoms with Gasteiger partial charge in [-0.2, -0.15) is 13.2 Å². The summed E-state index contributed by atoms with van der Waals surface area (Å²) in [5, 5.41) is 3.30. The van der Waals surface area contributed by atoms with E-state index in [0.29, 0.717) is 30.3 Å². The van der Waals surface area contributed by atoms with Crippen LogP contribution < -0.4 is 11.1 Å². The normalized spacial score (nSPS) is 16.5. The van der Waals surface area contributed by atoms with Crippen molar-refractivity contribution < 1.29 is 13.2 Å². The van der Waals surface area contributed by atoms with Gasteiger partial charge in [0.05, 0.1) is 5.69 Å². The van der Waals surface area contributed by atoms with Gasteiger partial charge in [0.1, 0.15) is 11.5 Å². The summed E-state index contributed by atoms with van der Waals surface area (Å²) < 4.78 is 40.6. The van der Waals surface area contributed by atoms with Crippen molar-refractivity contribution in [2.24, 2.45) is 5.73 Å². The van der Waals surface area contributed by atoms with Gasteiger partial charge in [-0.1, -0.05) is 0 Å². The summed E-state index contributed by atoms with van der Waals surface area (Å²) in [4.78, 5) is 8.03. The summed E-state index contributed by atoms with van der Waals surface area (Å²) in [6.45, 7) is 2.90. The molecule has 24 heavy (non-hydrogen) atoms. The van der Waals surface area contributed by atoms with Crippen molar-refractivity contribution >= 4 is 0 Å². The average Bonchev–Trinajstić information content (AvgIpc) is 2.99. The Bertz CT molecular complexity index is 689. The summed E-state index contributed by atoms with van der Waals surface area (Å²) in [7, 11) is 0. The van der Waals surface area contributed by atoms with E-state index in [4.69, 9.17) is 5.73 Å². The maximum absolute atomic E-state index is 12.9. The molecule has 0 amide bonds. The minimum Gasteiger partial charge on any atom is -0.333 e. The van der Waals surface area contributed by atoms with E-state index in [2.05, 4.69) is 15.3 Å². The highest BCUT2D eigenvalue weighted by Crippen LogP contribution is 2.32. The SMILES string of the molecule is NCCn1cc(-c2ccnc(C(F)(F)F)c2)nc1C1CCNCC1. The zero-order valence-corrected chi connectivity index (χ0v) is 13.2. The number of imidazole rings is 1. The first-order chi connectivity index (χ1) is 11.5. The van der Waals surface area contributed by atoms with E-state index >= 15 is 0 Å². The van der Waals surface area contributed by atoms with Crippen LogP contribution in [0.5, 0.6) is 0 Å². The van der Waals surface area contributed by atoms with Gasteiger partial charge in [-0.05, 0) is 38.1 Å². The molecule has 2 aromatic rings. The topological polar surface area (TPSA) is 68.8 Å². The number of pyridine rings is 1. The number of nitrogens with one attached hydrogen (secondary N) is 1. The minimum atomic E-state index is -4.46. The standard InChI is InChI=1S/C16H20F3N5/c17-16(18,19)14-9-12(3-7-22-14)13-10-24(8-4-20)15(23-13)11-1-5-21-6-2-11/h3,7,9-11,21H,1-2,4-6,8,20H2. The largest absolute Gasteiger partial charge is 0.433 e. The van der Waals surface area contributed by atoms with Crippen molar-refractivity contribution in [3.05, 3.63) is 36.0 Å². The average molecular weight is 339 g/mol. The van der Waals surface area contributed by atoms with E-state index in [1.54, 1.807) is 12.3 Å². The first-order valence-corrected chi connectivity index (χ1v) is 8.00. The molecule has 3 rings (SSSR count). The fourth-order valence-electron chi connectivity index (χ4n) is 3.04. The Balaban J connectivity index is 1.96. The van der Waals surface area contributed by atoms with E-state index in [9.17, 15) is 13.2 Å². The Labute approximate surface area is 138 Å². The summed E-state index contributed by atoms with van der Waals surface area (Å²) in [6, 6.07) is 2.60. The second-order valence-electron chi connectivity index (χ2n) is 5.92. The van der Waals surface area contributed by atoms with Crippen LogP contribution in [-0.2, 0) is 12.7 Å². The fraction of sp³-hybridized carbons (Fsp3) is 0.500. The molecule has 0 aliphatic carbocycles. The van der Waals surface area contributed by atoms with Crippen LogP contribution in [0, 0.1) is 0 Å². The second kappa shape index (κ2) is 6.90. The molecule has 8 heteroatoms. The first-order valence-electron chi connectivity index (χ1n) is 8.00. The lowest BCUT2D eigenvalue weighted by Gasteiger charge is -2.22. The van der Waals surface area contributed by atoms with E-state index in [-0.39, 0.29) is 0 Å². The zero-order chi connectivity index (χ0) is 17.2. The monoisotopic (exact) mass is 339 g/mol. The fourth-order valence-corrected chi connectivity index (χ4v) is 3.04. The van der Waals surface area contributed by atoms with Crippen molar-refractivity contribution in [1.29, 1.82) is 0 Å². The minimum absolute atomic E-state index is 0.301. The number of rotatable bonds is 4. The molecule has 0 unspecified atom stereocenters. The molecule has 2 aromatic heterocycles. The Hall–Kier alpha value is -1.93. The molecule has 5 nitrogen and oxygen atoms in total. The summed E-state index contributed by atoms with van der Waals surface area (Å²) >= 11 is 0. The van der Waals surface area contributed by atoms with E-state index in [0.717, 1.165) is 37.8 Å². The lowest BCUT2D eigenvalue weighted by atomic mass is 9.97. The number of halogens is 3. The molecule has 1 aliphatic rings.